The first kappa shape index (κ1) is 20.8. The molecule has 1 saturated heterocycles. The van der Waals surface area contributed by atoms with Crippen LogP contribution in [0.15, 0.2) is 34.1 Å². The number of benzene rings is 1. The van der Waals surface area contributed by atoms with Crippen LogP contribution in [0.5, 0.6) is 0 Å². The molecule has 4 rings (SSSR count). The summed E-state index contributed by atoms with van der Waals surface area (Å²) in [6.45, 7) is 2.81. The maximum atomic E-state index is 12.7. The van der Waals surface area contributed by atoms with Crippen molar-refractivity contribution in [2.24, 2.45) is 0 Å². The van der Waals surface area contributed by atoms with Crippen molar-refractivity contribution in [2.45, 2.75) is 56.7 Å². The monoisotopic (exact) mass is 427 g/mol. The number of rotatable bonds is 7. The molecule has 2 heterocycles. The van der Waals surface area contributed by atoms with Crippen molar-refractivity contribution in [2.75, 3.05) is 17.7 Å². The number of ketones is 1. The molecule has 30 heavy (non-hydrogen) atoms. The van der Waals surface area contributed by atoms with Crippen LogP contribution in [0.2, 0.25) is 0 Å². The summed E-state index contributed by atoms with van der Waals surface area (Å²) in [6, 6.07) is 6.86. The molecule has 0 spiro atoms. The van der Waals surface area contributed by atoms with Crippen molar-refractivity contribution in [3.63, 3.8) is 0 Å². The van der Waals surface area contributed by atoms with E-state index in [1.165, 1.54) is 18.7 Å². The van der Waals surface area contributed by atoms with E-state index in [1.54, 1.807) is 28.8 Å². The van der Waals surface area contributed by atoms with Gasteiger partial charge in [-0.2, -0.15) is 4.98 Å². The number of thioether (sulfide) groups is 1. The molecular weight excluding hydrogens is 402 g/mol. The Morgan fingerprint density at radius 3 is 2.93 bits per heavy atom. The van der Waals surface area contributed by atoms with Crippen LogP contribution in [-0.4, -0.2) is 39.7 Å². The third-order valence-corrected chi connectivity index (χ3v) is 6.52. The van der Waals surface area contributed by atoms with E-state index in [1.807, 2.05) is 0 Å². The lowest BCUT2D eigenvalue weighted by Crippen LogP contribution is -2.31. The van der Waals surface area contributed by atoms with Crippen molar-refractivity contribution >= 4 is 29.1 Å². The van der Waals surface area contributed by atoms with E-state index in [9.17, 15) is 14.4 Å². The number of anilines is 1. The Balaban J connectivity index is 1.44. The van der Waals surface area contributed by atoms with Gasteiger partial charge < -0.3 is 10.1 Å². The zero-order chi connectivity index (χ0) is 21.1. The predicted molar refractivity (Wildman–Crippen MR) is 115 cm³/mol. The van der Waals surface area contributed by atoms with E-state index in [4.69, 9.17) is 4.74 Å². The average Bonchev–Trinajstić information content (AvgIpc) is 3.41. The molecule has 2 aromatic rings. The number of nitrogens with zero attached hydrogens (tertiary/aromatic N) is 2. The number of fused-ring (bicyclic) bond motifs is 1. The Morgan fingerprint density at radius 1 is 1.30 bits per heavy atom. The molecule has 158 valence electrons. The highest BCUT2D eigenvalue weighted by atomic mass is 32.2. The Bertz CT molecular complexity index is 1030. The standard InChI is InChI=1S/C22H25N3O4S/c1-14(26)15-5-2-6-16(11-15)23-20(27)13-30-21-18-8-3-9-19(18)25(22(28)24-21)12-17-7-4-10-29-17/h2,5-6,11,17H,3-4,7-10,12-13H2,1H3,(H,23,27)/t17-/m1/s1. The number of carbonyl (C=O) groups is 2. The van der Waals surface area contributed by atoms with E-state index < -0.39 is 0 Å². The molecular formula is C22H25N3O4S. The van der Waals surface area contributed by atoms with Gasteiger partial charge in [0.15, 0.2) is 5.78 Å². The van der Waals surface area contributed by atoms with Crippen molar-refractivity contribution in [3.05, 3.63) is 51.6 Å². The zero-order valence-corrected chi connectivity index (χ0v) is 17.8. The molecule has 0 saturated carbocycles. The van der Waals surface area contributed by atoms with Gasteiger partial charge in [0.25, 0.3) is 0 Å². The molecule has 2 aliphatic rings. The molecule has 1 aromatic heterocycles. The summed E-state index contributed by atoms with van der Waals surface area (Å²) in [5.74, 6) is -0.0968. The highest BCUT2D eigenvalue weighted by Gasteiger charge is 2.25. The van der Waals surface area contributed by atoms with Crippen LogP contribution in [0, 0.1) is 0 Å². The number of hydrogen-bond donors (Lipinski definition) is 1. The highest BCUT2D eigenvalue weighted by molar-refractivity contribution is 8.00. The molecule has 7 nitrogen and oxygen atoms in total. The first-order valence-corrected chi connectivity index (χ1v) is 11.3. The number of amides is 1. The van der Waals surface area contributed by atoms with Gasteiger partial charge in [-0.05, 0) is 51.2 Å². The lowest BCUT2D eigenvalue weighted by molar-refractivity contribution is -0.113. The van der Waals surface area contributed by atoms with Crippen LogP contribution in [0.25, 0.3) is 0 Å². The van der Waals surface area contributed by atoms with Gasteiger partial charge >= 0.3 is 5.69 Å². The first-order chi connectivity index (χ1) is 14.5. The normalized spacial score (nSPS) is 17.7. The molecule has 0 unspecified atom stereocenters. The van der Waals surface area contributed by atoms with E-state index in [-0.39, 0.29) is 29.2 Å². The van der Waals surface area contributed by atoms with Crippen LogP contribution in [-0.2, 0) is 28.9 Å². The minimum atomic E-state index is -0.261. The van der Waals surface area contributed by atoms with Gasteiger partial charge in [-0.15, -0.1) is 0 Å². The fraction of sp³-hybridized carbons (Fsp3) is 0.455. The van der Waals surface area contributed by atoms with Gasteiger partial charge in [-0.3, -0.25) is 14.2 Å². The van der Waals surface area contributed by atoms with Gasteiger partial charge in [-0.25, -0.2) is 4.79 Å². The summed E-state index contributed by atoms with van der Waals surface area (Å²) in [4.78, 5) is 40.9. The van der Waals surface area contributed by atoms with Gasteiger partial charge in [0.05, 0.1) is 18.4 Å². The molecule has 1 aromatic carbocycles. The minimum Gasteiger partial charge on any atom is -0.376 e. The van der Waals surface area contributed by atoms with Gasteiger partial charge in [0, 0.05) is 29.1 Å². The summed E-state index contributed by atoms with van der Waals surface area (Å²) in [5, 5.41) is 3.47. The molecule has 0 radical (unpaired) electrons. The number of carbonyl (C=O) groups excluding carboxylic acids is 2. The van der Waals surface area contributed by atoms with Gasteiger partial charge in [0.2, 0.25) is 5.91 Å². The zero-order valence-electron chi connectivity index (χ0n) is 17.0. The smallest absolute Gasteiger partial charge is 0.348 e. The third-order valence-electron chi connectivity index (χ3n) is 5.50. The SMILES string of the molecule is CC(=O)c1cccc(NC(=O)CSc2nc(=O)n(C[C@H]3CCCO3)c3c2CCC3)c1. The van der Waals surface area contributed by atoms with Crippen molar-refractivity contribution in [3.8, 4) is 0 Å². The maximum Gasteiger partial charge on any atom is 0.348 e. The van der Waals surface area contributed by atoms with E-state index in [0.717, 1.165) is 50.0 Å². The van der Waals surface area contributed by atoms with Crippen LogP contribution in [0.3, 0.4) is 0 Å². The number of hydrogen-bond acceptors (Lipinski definition) is 6. The Labute approximate surface area is 179 Å². The predicted octanol–water partition coefficient (Wildman–Crippen LogP) is 2.84. The van der Waals surface area contributed by atoms with Crippen molar-refractivity contribution < 1.29 is 14.3 Å². The van der Waals surface area contributed by atoms with Crippen molar-refractivity contribution in [1.29, 1.82) is 0 Å². The van der Waals surface area contributed by atoms with E-state index in [0.29, 0.717) is 22.8 Å². The fourth-order valence-electron chi connectivity index (χ4n) is 4.03. The summed E-state index contributed by atoms with van der Waals surface area (Å²) < 4.78 is 7.47. The van der Waals surface area contributed by atoms with Crippen LogP contribution in [0.1, 0.15) is 47.8 Å². The topological polar surface area (TPSA) is 90.3 Å². The molecule has 0 bridgehead atoms. The second-order valence-electron chi connectivity index (χ2n) is 7.70. The quantitative estimate of drug-likeness (QED) is 0.415. The van der Waals surface area contributed by atoms with Crippen LogP contribution >= 0.6 is 11.8 Å². The molecule has 1 fully saturated rings. The van der Waals surface area contributed by atoms with E-state index in [2.05, 4.69) is 10.3 Å². The molecule has 1 atom stereocenters. The van der Waals surface area contributed by atoms with Crippen LogP contribution in [0.4, 0.5) is 5.69 Å². The fourth-order valence-corrected chi connectivity index (χ4v) is 4.91. The van der Waals surface area contributed by atoms with Gasteiger partial charge in [-0.1, -0.05) is 23.9 Å². The third kappa shape index (κ3) is 4.65. The largest absolute Gasteiger partial charge is 0.376 e. The lowest BCUT2D eigenvalue weighted by atomic mass is 10.1. The summed E-state index contributed by atoms with van der Waals surface area (Å²) in [6.07, 6.45) is 4.82. The van der Waals surface area contributed by atoms with Gasteiger partial charge in [0.1, 0.15) is 5.03 Å². The highest BCUT2D eigenvalue weighted by Crippen LogP contribution is 2.30. The number of Topliss-reactive ketones (excluding diaryl/α,β-unsaturated/α-hetero) is 1. The second kappa shape index (κ2) is 9.14. The lowest BCUT2D eigenvalue weighted by Gasteiger charge is -2.17. The summed E-state index contributed by atoms with van der Waals surface area (Å²) in [5.41, 5.74) is 3.00. The average molecular weight is 428 g/mol. The number of nitrogens with one attached hydrogen (secondary N) is 1. The summed E-state index contributed by atoms with van der Waals surface area (Å²) >= 11 is 1.29. The Hall–Kier alpha value is -2.45. The van der Waals surface area contributed by atoms with E-state index >= 15 is 0 Å². The Kier molecular flexibility index (Phi) is 6.34. The number of ether oxygens (including phenoxy) is 1. The molecule has 8 heteroatoms. The molecule has 1 amide bonds. The minimum absolute atomic E-state index is 0.0520. The molecule has 1 N–H and O–H groups in total. The first-order valence-electron chi connectivity index (χ1n) is 10.3. The number of aromatic nitrogens is 2. The molecule has 1 aliphatic heterocycles. The van der Waals surface area contributed by atoms with Crippen LogP contribution < -0.4 is 11.0 Å². The second-order valence-corrected chi connectivity index (χ2v) is 8.66. The summed E-state index contributed by atoms with van der Waals surface area (Å²) in [7, 11) is 0. The van der Waals surface area contributed by atoms with Crippen molar-refractivity contribution in [1.82, 2.24) is 9.55 Å². The molecule has 1 aliphatic carbocycles. The Morgan fingerprint density at radius 2 is 2.17 bits per heavy atom. The maximum absolute atomic E-state index is 12.7.